The molecule has 1 unspecified atom stereocenters. The molecule has 4 N–H and O–H groups in total. The number of aryl methyl sites for hydroxylation is 1. The van der Waals surface area contributed by atoms with Gasteiger partial charge in [-0.3, -0.25) is 9.59 Å². The molecule has 0 bridgehead atoms. The Morgan fingerprint density at radius 2 is 1.74 bits per heavy atom. The zero-order valence-electron chi connectivity index (χ0n) is 11.4. The normalized spacial score (nSPS) is 15.4. The van der Waals surface area contributed by atoms with Gasteiger partial charge in [0.15, 0.2) is 0 Å². The fourth-order valence-corrected chi connectivity index (χ4v) is 1.71. The van der Waals surface area contributed by atoms with Gasteiger partial charge >= 0.3 is 0 Å². The van der Waals surface area contributed by atoms with Crippen LogP contribution in [0.1, 0.15) is 30.9 Å². The molecule has 0 radical (unpaired) electrons. The maximum Gasteiger partial charge on any atom is 0.242 e. The van der Waals surface area contributed by atoms with Crippen molar-refractivity contribution in [3.63, 3.8) is 0 Å². The van der Waals surface area contributed by atoms with Crippen LogP contribution in [-0.2, 0) is 9.59 Å². The maximum absolute atomic E-state index is 12.0. The minimum atomic E-state index is -1.07. The highest BCUT2D eigenvalue weighted by molar-refractivity contribution is 5.90. The molecule has 5 heteroatoms. The van der Waals surface area contributed by atoms with Crippen LogP contribution < -0.4 is 11.1 Å². The highest BCUT2D eigenvalue weighted by Gasteiger charge is 2.25. The van der Waals surface area contributed by atoms with Crippen molar-refractivity contribution >= 4 is 11.8 Å². The van der Waals surface area contributed by atoms with Crippen molar-refractivity contribution in [1.82, 2.24) is 5.32 Å². The van der Waals surface area contributed by atoms with Crippen LogP contribution in [0.25, 0.3) is 0 Å². The van der Waals surface area contributed by atoms with Crippen molar-refractivity contribution in [2.45, 2.75) is 38.8 Å². The first-order valence-electron chi connectivity index (χ1n) is 6.17. The largest absolute Gasteiger partial charge is 0.391 e. The molecule has 0 heterocycles. The first-order valence-corrected chi connectivity index (χ1v) is 6.17. The maximum atomic E-state index is 12.0. The second-order valence-electron chi connectivity index (χ2n) is 4.76. The Kier molecular flexibility index (Phi) is 5.06. The molecule has 0 saturated heterocycles. The van der Waals surface area contributed by atoms with Gasteiger partial charge in [-0.2, -0.15) is 0 Å². The van der Waals surface area contributed by atoms with Gasteiger partial charge in [-0.05, 0) is 26.3 Å². The predicted octanol–water partition coefficient (Wildman–Crippen LogP) is 0.449. The summed E-state index contributed by atoms with van der Waals surface area (Å²) in [5.41, 5.74) is 7.08. The molecule has 0 aliphatic heterocycles. The molecular weight excluding hydrogens is 244 g/mol. The molecule has 1 aromatic rings. The molecular formula is C14H20N2O3. The van der Waals surface area contributed by atoms with Crippen LogP contribution in [0.5, 0.6) is 0 Å². The van der Waals surface area contributed by atoms with Crippen molar-refractivity contribution < 1.29 is 14.7 Å². The smallest absolute Gasteiger partial charge is 0.242 e. The van der Waals surface area contributed by atoms with E-state index in [2.05, 4.69) is 5.32 Å². The molecule has 2 amide bonds. The number of benzene rings is 1. The fourth-order valence-electron chi connectivity index (χ4n) is 1.71. The summed E-state index contributed by atoms with van der Waals surface area (Å²) in [5, 5.41) is 11.9. The zero-order chi connectivity index (χ0) is 14.6. The number of primary amides is 1. The van der Waals surface area contributed by atoms with Gasteiger partial charge in [-0.25, -0.2) is 0 Å². The van der Waals surface area contributed by atoms with E-state index in [9.17, 15) is 14.7 Å². The SMILES string of the molecule is Cc1ccc(C(C)C(=O)N[C@H](C(N)=O)[C@@H](C)O)cc1. The number of nitrogens with two attached hydrogens (primary N) is 1. The lowest BCUT2D eigenvalue weighted by Crippen LogP contribution is -2.51. The molecule has 0 fully saturated rings. The molecule has 1 rings (SSSR count). The molecule has 3 atom stereocenters. The summed E-state index contributed by atoms with van der Waals surface area (Å²) in [6.07, 6.45) is -1.02. The number of hydrogen-bond acceptors (Lipinski definition) is 3. The van der Waals surface area contributed by atoms with Gasteiger partial charge in [0, 0.05) is 0 Å². The molecule has 1 aromatic carbocycles. The first kappa shape index (κ1) is 15.2. The van der Waals surface area contributed by atoms with Crippen molar-refractivity contribution in [2.75, 3.05) is 0 Å². The van der Waals surface area contributed by atoms with E-state index in [1.54, 1.807) is 6.92 Å². The summed E-state index contributed by atoms with van der Waals surface area (Å²) in [5.74, 6) is -1.51. The second kappa shape index (κ2) is 6.33. The van der Waals surface area contributed by atoms with E-state index in [0.717, 1.165) is 11.1 Å². The van der Waals surface area contributed by atoms with Gasteiger partial charge in [-0.1, -0.05) is 29.8 Å². The van der Waals surface area contributed by atoms with Crippen LogP contribution in [0.3, 0.4) is 0 Å². The van der Waals surface area contributed by atoms with E-state index in [-0.39, 0.29) is 5.91 Å². The molecule has 19 heavy (non-hydrogen) atoms. The number of aliphatic hydroxyl groups excluding tert-OH is 1. The standard InChI is InChI=1S/C14H20N2O3/c1-8-4-6-11(7-5-8)9(2)14(19)16-12(10(3)17)13(15)18/h4-7,9-10,12,17H,1-3H3,(H2,15,18)(H,16,19)/t9?,10-,12+/m1/s1. The monoisotopic (exact) mass is 264 g/mol. The molecule has 0 aliphatic carbocycles. The van der Waals surface area contributed by atoms with Gasteiger partial charge in [0.2, 0.25) is 11.8 Å². The van der Waals surface area contributed by atoms with Crippen LogP contribution in [0.4, 0.5) is 0 Å². The van der Waals surface area contributed by atoms with E-state index in [0.29, 0.717) is 0 Å². The van der Waals surface area contributed by atoms with Crippen LogP contribution in [0.2, 0.25) is 0 Å². The molecule has 0 aromatic heterocycles. The Bertz CT molecular complexity index is 454. The fraction of sp³-hybridized carbons (Fsp3) is 0.429. The molecule has 5 nitrogen and oxygen atoms in total. The second-order valence-corrected chi connectivity index (χ2v) is 4.76. The third-order valence-electron chi connectivity index (χ3n) is 3.06. The van der Waals surface area contributed by atoms with Crippen molar-refractivity contribution in [3.8, 4) is 0 Å². The van der Waals surface area contributed by atoms with E-state index < -0.39 is 24.0 Å². The van der Waals surface area contributed by atoms with Gasteiger partial charge in [0.1, 0.15) is 6.04 Å². The highest BCUT2D eigenvalue weighted by Crippen LogP contribution is 2.16. The summed E-state index contributed by atoms with van der Waals surface area (Å²) in [6, 6.07) is 6.49. The number of carbonyl (C=O) groups excluding carboxylic acids is 2. The van der Waals surface area contributed by atoms with Gasteiger partial charge in [0.25, 0.3) is 0 Å². The van der Waals surface area contributed by atoms with E-state index in [1.165, 1.54) is 6.92 Å². The van der Waals surface area contributed by atoms with E-state index in [4.69, 9.17) is 5.73 Å². The lowest BCUT2D eigenvalue weighted by Gasteiger charge is -2.20. The van der Waals surface area contributed by atoms with E-state index in [1.807, 2.05) is 31.2 Å². The van der Waals surface area contributed by atoms with Crippen molar-refractivity contribution in [1.29, 1.82) is 0 Å². The van der Waals surface area contributed by atoms with Crippen LogP contribution in [0, 0.1) is 6.92 Å². The summed E-state index contributed by atoms with van der Waals surface area (Å²) in [6.45, 7) is 5.11. The Morgan fingerprint density at radius 1 is 1.21 bits per heavy atom. The summed E-state index contributed by atoms with van der Waals surface area (Å²) in [4.78, 5) is 23.1. The Morgan fingerprint density at radius 3 is 2.16 bits per heavy atom. The number of carbonyl (C=O) groups is 2. The highest BCUT2D eigenvalue weighted by atomic mass is 16.3. The third-order valence-corrected chi connectivity index (χ3v) is 3.06. The third kappa shape index (κ3) is 4.06. The minimum absolute atomic E-state index is 0.339. The summed E-state index contributed by atoms with van der Waals surface area (Å²) < 4.78 is 0. The average Bonchev–Trinajstić information content (AvgIpc) is 2.34. The number of hydrogen-bond donors (Lipinski definition) is 3. The van der Waals surface area contributed by atoms with Crippen LogP contribution >= 0.6 is 0 Å². The van der Waals surface area contributed by atoms with E-state index >= 15 is 0 Å². The van der Waals surface area contributed by atoms with Crippen LogP contribution in [-0.4, -0.2) is 29.1 Å². The Hall–Kier alpha value is -1.88. The molecule has 0 saturated carbocycles. The summed E-state index contributed by atoms with van der Waals surface area (Å²) in [7, 11) is 0. The average molecular weight is 264 g/mol. The zero-order valence-corrected chi connectivity index (χ0v) is 11.4. The van der Waals surface area contributed by atoms with Crippen molar-refractivity contribution in [2.24, 2.45) is 5.73 Å². The Labute approximate surface area is 112 Å². The van der Waals surface area contributed by atoms with Crippen LogP contribution in [0.15, 0.2) is 24.3 Å². The lowest BCUT2D eigenvalue weighted by molar-refractivity contribution is -0.130. The molecule has 104 valence electrons. The first-order chi connectivity index (χ1) is 8.82. The van der Waals surface area contributed by atoms with Gasteiger partial charge in [-0.15, -0.1) is 0 Å². The number of nitrogens with one attached hydrogen (secondary N) is 1. The number of amides is 2. The quantitative estimate of drug-likeness (QED) is 0.721. The predicted molar refractivity (Wildman–Crippen MR) is 72.4 cm³/mol. The van der Waals surface area contributed by atoms with Crippen molar-refractivity contribution in [3.05, 3.63) is 35.4 Å². The van der Waals surface area contributed by atoms with Gasteiger partial charge < -0.3 is 16.2 Å². The van der Waals surface area contributed by atoms with Gasteiger partial charge in [0.05, 0.1) is 12.0 Å². The number of rotatable bonds is 5. The number of aliphatic hydroxyl groups is 1. The lowest BCUT2D eigenvalue weighted by atomic mass is 9.98. The Balaban J connectivity index is 2.77. The molecule has 0 spiro atoms. The summed E-state index contributed by atoms with van der Waals surface area (Å²) >= 11 is 0. The topological polar surface area (TPSA) is 92.4 Å². The minimum Gasteiger partial charge on any atom is -0.391 e. The molecule has 0 aliphatic rings.